The maximum atomic E-state index is 12.7. The van der Waals surface area contributed by atoms with Crippen LogP contribution in [0.4, 0.5) is 22.0 Å². The normalized spacial score (nSPS) is 11.7. The summed E-state index contributed by atoms with van der Waals surface area (Å²) >= 11 is 2.90. The van der Waals surface area contributed by atoms with Gasteiger partial charge in [0.05, 0.1) is 10.9 Å². The molecule has 0 unspecified atom stereocenters. The van der Waals surface area contributed by atoms with E-state index in [4.69, 9.17) is 0 Å². The van der Waals surface area contributed by atoms with E-state index in [1.807, 2.05) is 0 Å². The van der Waals surface area contributed by atoms with Crippen LogP contribution >= 0.6 is 15.9 Å². The maximum Gasteiger partial charge on any atom is 0.573 e. The Bertz CT molecular complexity index is 459. The second-order valence-electron chi connectivity index (χ2n) is 3.57. The Balaban J connectivity index is 3.04. The Morgan fingerprint density at radius 2 is 1.95 bits per heavy atom. The van der Waals surface area contributed by atoms with Gasteiger partial charge in [0.15, 0.2) is 0 Å². The van der Waals surface area contributed by atoms with Crippen molar-refractivity contribution in [2.45, 2.75) is 19.2 Å². The SMILES string of the molecule is O=C(CBr)Cc1ccc(OC(F)(F)F)c(C(F)F)c1. The van der Waals surface area contributed by atoms with Crippen LogP contribution in [-0.4, -0.2) is 17.5 Å². The zero-order valence-electron chi connectivity index (χ0n) is 9.31. The van der Waals surface area contributed by atoms with E-state index >= 15 is 0 Å². The molecule has 0 spiro atoms. The third-order valence-corrected chi connectivity index (χ3v) is 2.71. The van der Waals surface area contributed by atoms with E-state index in [-0.39, 0.29) is 23.1 Å². The number of carbonyl (C=O) groups is 1. The summed E-state index contributed by atoms with van der Waals surface area (Å²) in [5.74, 6) is -1.23. The van der Waals surface area contributed by atoms with Crippen molar-refractivity contribution in [3.05, 3.63) is 29.3 Å². The second-order valence-corrected chi connectivity index (χ2v) is 4.13. The van der Waals surface area contributed by atoms with Crippen LogP contribution in [0.2, 0.25) is 0 Å². The molecule has 8 heteroatoms. The van der Waals surface area contributed by atoms with Crippen LogP contribution < -0.4 is 4.74 Å². The highest BCUT2D eigenvalue weighted by atomic mass is 79.9. The van der Waals surface area contributed by atoms with E-state index in [0.717, 1.165) is 18.2 Å². The van der Waals surface area contributed by atoms with Crippen LogP contribution in [0, 0.1) is 0 Å². The van der Waals surface area contributed by atoms with Gasteiger partial charge in [-0.15, -0.1) is 13.2 Å². The van der Waals surface area contributed by atoms with E-state index in [1.165, 1.54) is 0 Å². The number of carbonyl (C=O) groups excluding carboxylic acids is 1. The molecule has 19 heavy (non-hydrogen) atoms. The molecule has 1 aromatic carbocycles. The zero-order valence-corrected chi connectivity index (χ0v) is 10.9. The van der Waals surface area contributed by atoms with Crippen molar-refractivity contribution in [1.29, 1.82) is 0 Å². The topological polar surface area (TPSA) is 26.3 Å². The average Bonchev–Trinajstić information content (AvgIpc) is 2.28. The van der Waals surface area contributed by atoms with Gasteiger partial charge >= 0.3 is 6.36 Å². The van der Waals surface area contributed by atoms with Crippen molar-refractivity contribution in [2.24, 2.45) is 0 Å². The molecule has 0 aliphatic heterocycles. The van der Waals surface area contributed by atoms with Crippen LogP contribution in [0.1, 0.15) is 17.6 Å². The predicted molar refractivity (Wildman–Crippen MR) is 60.6 cm³/mol. The summed E-state index contributed by atoms with van der Waals surface area (Å²) in [5, 5.41) is 0.0395. The number of hydrogen-bond acceptors (Lipinski definition) is 2. The van der Waals surface area contributed by atoms with Crippen LogP contribution in [0.15, 0.2) is 18.2 Å². The van der Waals surface area contributed by atoms with Crippen LogP contribution in [0.3, 0.4) is 0 Å². The molecular formula is C11H8BrF5O2. The van der Waals surface area contributed by atoms with Crippen molar-refractivity contribution < 1.29 is 31.5 Å². The molecule has 0 N–H and O–H groups in total. The van der Waals surface area contributed by atoms with Gasteiger partial charge in [0, 0.05) is 6.42 Å². The maximum absolute atomic E-state index is 12.7. The molecule has 0 aliphatic carbocycles. The number of ketones is 1. The van der Waals surface area contributed by atoms with E-state index in [0.29, 0.717) is 0 Å². The van der Waals surface area contributed by atoms with Crippen molar-refractivity contribution in [3.8, 4) is 5.75 Å². The van der Waals surface area contributed by atoms with Gasteiger partial charge in [-0.25, -0.2) is 8.78 Å². The van der Waals surface area contributed by atoms with E-state index in [9.17, 15) is 26.7 Å². The summed E-state index contributed by atoms with van der Waals surface area (Å²) in [5.41, 5.74) is -0.688. The quantitative estimate of drug-likeness (QED) is 0.594. The Kier molecular flexibility index (Phi) is 5.28. The Morgan fingerprint density at radius 1 is 1.32 bits per heavy atom. The lowest BCUT2D eigenvalue weighted by Crippen LogP contribution is -2.18. The first-order valence-corrected chi connectivity index (χ1v) is 6.09. The van der Waals surface area contributed by atoms with Gasteiger partial charge in [0.1, 0.15) is 11.5 Å². The molecule has 0 heterocycles. The third-order valence-electron chi connectivity index (χ3n) is 2.09. The molecule has 0 saturated carbocycles. The fourth-order valence-electron chi connectivity index (χ4n) is 1.37. The molecule has 0 bridgehead atoms. The van der Waals surface area contributed by atoms with Gasteiger partial charge in [-0.1, -0.05) is 22.0 Å². The van der Waals surface area contributed by atoms with Crippen molar-refractivity contribution >= 4 is 21.7 Å². The second kappa shape index (κ2) is 6.31. The van der Waals surface area contributed by atoms with E-state index in [1.54, 1.807) is 0 Å². The average molecular weight is 347 g/mol. The predicted octanol–water partition coefficient (Wildman–Crippen LogP) is 4.03. The first-order valence-electron chi connectivity index (χ1n) is 4.97. The lowest BCUT2D eigenvalue weighted by atomic mass is 10.1. The monoisotopic (exact) mass is 346 g/mol. The Labute approximate surface area is 113 Å². The van der Waals surface area contributed by atoms with Crippen LogP contribution in [0.5, 0.6) is 5.75 Å². The molecule has 0 fully saturated rings. The fourth-order valence-corrected chi connectivity index (χ4v) is 1.57. The highest BCUT2D eigenvalue weighted by Gasteiger charge is 2.33. The van der Waals surface area contributed by atoms with Crippen LogP contribution in [-0.2, 0) is 11.2 Å². The number of ether oxygens (including phenoxy) is 1. The van der Waals surface area contributed by atoms with Crippen LogP contribution in [0.25, 0.3) is 0 Å². The molecule has 0 aliphatic rings. The molecule has 2 nitrogen and oxygen atoms in total. The highest BCUT2D eigenvalue weighted by molar-refractivity contribution is 9.09. The standard InChI is InChI=1S/C11H8BrF5O2/c12-5-7(18)3-6-1-2-9(19-11(15,16)17)8(4-6)10(13)14/h1-2,4,10H,3,5H2. The lowest BCUT2D eigenvalue weighted by molar-refractivity contribution is -0.275. The number of alkyl halides is 6. The Morgan fingerprint density at radius 3 is 2.42 bits per heavy atom. The zero-order chi connectivity index (χ0) is 14.6. The molecule has 0 saturated heterocycles. The van der Waals surface area contributed by atoms with Gasteiger partial charge in [-0.3, -0.25) is 4.79 Å². The molecule has 1 aromatic rings. The number of hydrogen-bond donors (Lipinski definition) is 0. The smallest absolute Gasteiger partial charge is 0.405 e. The molecule has 0 aromatic heterocycles. The summed E-state index contributed by atoms with van der Waals surface area (Å²) in [6, 6.07) is 2.77. The minimum Gasteiger partial charge on any atom is -0.405 e. The molecule has 0 amide bonds. The van der Waals surface area contributed by atoms with Gasteiger partial charge in [0.2, 0.25) is 0 Å². The summed E-state index contributed by atoms with van der Waals surface area (Å²) in [6.45, 7) is 0. The molecule has 1 rings (SSSR count). The minimum atomic E-state index is -5.04. The van der Waals surface area contributed by atoms with E-state index in [2.05, 4.69) is 20.7 Å². The van der Waals surface area contributed by atoms with Crippen molar-refractivity contribution in [2.75, 3.05) is 5.33 Å². The largest absolute Gasteiger partial charge is 0.573 e. The van der Waals surface area contributed by atoms with Gasteiger partial charge < -0.3 is 4.74 Å². The van der Waals surface area contributed by atoms with E-state index < -0.39 is 24.1 Å². The summed E-state index contributed by atoms with van der Waals surface area (Å²) in [7, 11) is 0. The summed E-state index contributed by atoms with van der Waals surface area (Å²) in [4.78, 5) is 11.1. The first kappa shape index (κ1) is 15.9. The molecule has 0 atom stereocenters. The lowest BCUT2D eigenvalue weighted by Gasteiger charge is -2.14. The Hall–Kier alpha value is -1.18. The number of halogens is 6. The number of Topliss-reactive ketones (excluding diaryl/α,β-unsaturated/α-hetero) is 1. The van der Waals surface area contributed by atoms with Gasteiger partial charge in [0.25, 0.3) is 6.43 Å². The molecule has 106 valence electrons. The van der Waals surface area contributed by atoms with Crippen molar-refractivity contribution in [3.63, 3.8) is 0 Å². The highest BCUT2D eigenvalue weighted by Crippen LogP contribution is 2.33. The van der Waals surface area contributed by atoms with Gasteiger partial charge in [-0.2, -0.15) is 0 Å². The number of rotatable bonds is 5. The fraction of sp³-hybridized carbons (Fsp3) is 0.364. The van der Waals surface area contributed by atoms with Gasteiger partial charge in [-0.05, 0) is 17.7 Å². The number of benzene rings is 1. The summed E-state index contributed by atoms with van der Waals surface area (Å²) in [6.07, 6.45) is -8.31. The van der Waals surface area contributed by atoms with Crippen molar-refractivity contribution in [1.82, 2.24) is 0 Å². The third kappa shape index (κ3) is 5.14. The molecule has 0 radical (unpaired) electrons. The first-order chi connectivity index (χ1) is 8.73. The molecular weight excluding hydrogens is 339 g/mol. The summed E-state index contributed by atoms with van der Waals surface area (Å²) < 4.78 is 64.9. The minimum absolute atomic E-state index is 0.0395.